The van der Waals surface area contributed by atoms with E-state index >= 15 is 0 Å². The average molecular weight is 391 g/mol. The lowest BCUT2D eigenvalue weighted by Crippen LogP contribution is -2.31. The Morgan fingerprint density at radius 2 is 2.04 bits per heavy atom. The van der Waals surface area contributed by atoms with Crippen LogP contribution in [0.15, 0.2) is 24.7 Å². The maximum absolute atomic E-state index is 12.1. The van der Waals surface area contributed by atoms with E-state index in [1.807, 2.05) is 10.9 Å². The lowest BCUT2D eigenvalue weighted by molar-refractivity contribution is 0.0827. The Morgan fingerprint density at radius 3 is 2.70 bits per heavy atom. The summed E-state index contributed by atoms with van der Waals surface area (Å²) in [7, 11) is 3.44. The molecular weight excluding hydrogens is 364 g/mol. The first-order valence-electron chi connectivity index (χ1n) is 9.33. The Morgan fingerprint density at radius 1 is 1.22 bits per heavy atom. The summed E-state index contributed by atoms with van der Waals surface area (Å²) in [6.07, 6.45) is 6.72. The third kappa shape index (κ3) is 4.78. The maximum Gasteiger partial charge on any atom is 0.254 e. The molecule has 3 rings (SSSR count). The number of carbonyl (C=O) groups excluding carboxylic acids is 1. The SMILES string of the molecule is CCn1cc(CN2CCCN(c3ncc(C(=O)N(C)C)cc3Cl)CC2)cn1. The Kier molecular flexibility index (Phi) is 6.34. The van der Waals surface area contributed by atoms with E-state index in [4.69, 9.17) is 11.6 Å². The zero-order valence-corrected chi connectivity index (χ0v) is 17.0. The van der Waals surface area contributed by atoms with E-state index in [1.165, 1.54) is 10.5 Å². The van der Waals surface area contributed by atoms with Gasteiger partial charge in [0, 0.05) is 71.3 Å². The van der Waals surface area contributed by atoms with Crippen LogP contribution in [0.1, 0.15) is 29.3 Å². The van der Waals surface area contributed by atoms with E-state index in [0.717, 1.165) is 51.5 Å². The number of carbonyl (C=O) groups is 1. The van der Waals surface area contributed by atoms with Crippen molar-refractivity contribution in [2.75, 3.05) is 45.2 Å². The molecule has 1 aliphatic heterocycles. The molecule has 0 aliphatic carbocycles. The summed E-state index contributed by atoms with van der Waals surface area (Å²) >= 11 is 6.45. The van der Waals surface area contributed by atoms with Gasteiger partial charge in [0.25, 0.3) is 5.91 Å². The normalized spacial score (nSPS) is 15.6. The lowest BCUT2D eigenvalue weighted by Gasteiger charge is -2.23. The number of amides is 1. The van der Waals surface area contributed by atoms with Crippen LogP contribution in [-0.4, -0.2) is 70.7 Å². The van der Waals surface area contributed by atoms with Gasteiger partial charge in [-0.25, -0.2) is 4.98 Å². The molecule has 1 saturated heterocycles. The van der Waals surface area contributed by atoms with Crippen molar-refractivity contribution in [3.05, 3.63) is 40.8 Å². The molecule has 1 fully saturated rings. The van der Waals surface area contributed by atoms with Gasteiger partial charge < -0.3 is 9.80 Å². The highest BCUT2D eigenvalue weighted by Gasteiger charge is 2.20. The highest BCUT2D eigenvalue weighted by Crippen LogP contribution is 2.25. The van der Waals surface area contributed by atoms with Crippen LogP contribution in [0.5, 0.6) is 0 Å². The zero-order valence-electron chi connectivity index (χ0n) is 16.2. The van der Waals surface area contributed by atoms with Crippen molar-refractivity contribution in [1.82, 2.24) is 24.6 Å². The molecule has 0 bridgehead atoms. The quantitative estimate of drug-likeness (QED) is 0.784. The molecule has 0 spiro atoms. The van der Waals surface area contributed by atoms with Crippen molar-refractivity contribution in [1.29, 1.82) is 0 Å². The van der Waals surface area contributed by atoms with E-state index in [2.05, 4.69) is 33.0 Å². The van der Waals surface area contributed by atoms with Gasteiger partial charge in [-0.15, -0.1) is 0 Å². The molecule has 1 amide bonds. The van der Waals surface area contributed by atoms with Crippen LogP contribution in [0.25, 0.3) is 0 Å². The van der Waals surface area contributed by atoms with Gasteiger partial charge in [-0.3, -0.25) is 14.4 Å². The van der Waals surface area contributed by atoms with Gasteiger partial charge in [0.15, 0.2) is 0 Å². The van der Waals surface area contributed by atoms with E-state index < -0.39 is 0 Å². The number of rotatable bonds is 5. The molecule has 27 heavy (non-hydrogen) atoms. The van der Waals surface area contributed by atoms with Crippen molar-refractivity contribution in [3.63, 3.8) is 0 Å². The standard InChI is InChI=1S/C19H27ClN6O/c1-4-26-14-15(11-22-26)13-24-6-5-7-25(9-8-24)18-17(20)10-16(12-21-18)19(27)23(2)3/h10-12,14H,4-9,13H2,1-3H3. The third-order valence-corrected chi connectivity index (χ3v) is 5.06. The minimum atomic E-state index is -0.0920. The summed E-state index contributed by atoms with van der Waals surface area (Å²) in [5.74, 6) is 0.665. The fraction of sp³-hybridized carbons (Fsp3) is 0.526. The van der Waals surface area contributed by atoms with Crippen LogP contribution >= 0.6 is 11.6 Å². The summed E-state index contributed by atoms with van der Waals surface area (Å²) in [6, 6.07) is 1.72. The predicted molar refractivity (Wildman–Crippen MR) is 107 cm³/mol. The summed E-state index contributed by atoms with van der Waals surface area (Å²) in [6.45, 7) is 7.62. The van der Waals surface area contributed by atoms with Crippen LogP contribution in [0.4, 0.5) is 5.82 Å². The molecule has 0 N–H and O–H groups in total. The number of nitrogens with zero attached hydrogens (tertiary/aromatic N) is 6. The summed E-state index contributed by atoms with van der Waals surface area (Å²) in [5, 5.41) is 4.88. The van der Waals surface area contributed by atoms with E-state index in [9.17, 15) is 4.79 Å². The molecule has 0 aromatic carbocycles. The van der Waals surface area contributed by atoms with Crippen LogP contribution in [-0.2, 0) is 13.1 Å². The minimum Gasteiger partial charge on any atom is -0.354 e. The summed E-state index contributed by atoms with van der Waals surface area (Å²) in [5.41, 5.74) is 1.76. The second-order valence-electron chi connectivity index (χ2n) is 7.05. The van der Waals surface area contributed by atoms with Gasteiger partial charge in [-0.2, -0.15) is 5.10 Å². The van der Waals surface area contributed by atoms with Crippen LogP contribution in [0, 0.1) is 0 Å². The second kappa shape index (κ2) is 8.71. The number of aromatic nitrogens is 3. The monoisotopic (exact) mass is 390 g/mol. The van der Waals surface area contributed by atoms with Gasteiger partial charge in [0.1, 0.15) is 5.82 Å². The zero-order chi connectivity index (χ0) is 19.4. The highest BCUT2D eigenvalue weighted by atomic mass is 35.5. The number of halogens is 1. The van der Waals surface area contributed by atoms with E-state index in [1.54, 1.807) is 26.4 Å². The molecule has 3 heterocycles. The smallest absolute Gasteiger partial charge is 0.254 e. The molecule has 7 nitrogen and oxygen atoms in total. The molecule has 0 radical (unpaired) electrons. The maximum atomic E-state index is 12.1. The first kappa shape index (κ1) is 19.6. The van der Waals surface area contributed by atoms with Gasteiger partial charge in [0.05, 0.1) is 16.8 Å². The second-order valence-corrected chi connectivity index (χ2v) is 7.46. The van der Waals surface area contributed by atoms with Gasteiger partial charge >= 0.3 is 0 Å². The molecular formula is C19H27ClN6O. The molecule has 8 heteroatoms. The van der Waals surface area contributed by atoms with Gasteiger partial charge in [-0.05, 0) is 19.4 Å². The Labute approximate surface area is 165 Å². The molecule has 146 valence electrons. The van der Waals surface area contributed by atoms with Gasteiger partial charge in [-0.1, -0.05) is 11.6 Å². The summed E-state index contributed by atoms with van der Waals surface area (Å²) in [4.78, 5) is 22.7. The first-order valence-corrected chi connectivity index (χ1v) is 9.71. The number of anilines is 1. The van der Waals surface area contributed by atoms with Crippen molar-refractivity contribution in [2.24, 2.45) is 0 Å². The fourth-order valence-corrected chi connectivity index (χ4v) is 3.58. The fourth-order valence-electron chi connectivity index (χ4n) is 3.30. The van der Waals surface area contributed by atoms with Crippen molar-refractivity contribution >= 4 is 23.3 Å². The molecule has 1 aliphatic rings. The van der Waals surface area contributed by atoms with E-state index in [-0.39, 0.29) is 5.91 Å². The average Bonchev–Trinajstić information content (AvgIpc) is 2.98. The van der Waals surface area contributed by atoms with Crippen molar-refractivity contribution < 1.29 is 4.79 Å². The Hall–Kier alpha value is -2.12. The minimum absolute atomic E-state index is 0.0920. The molecule has 0 unspecified atom stereocenters. The van der Waals surface area contributed by atoms with Crippen LogP contribution in [0.3, 0.4) is 0 Å². The third-order valence-electron chi connectivity index (χ3n) is 4.78. The van der Waals surface area contributed by atoms with E-state index in [0.29, 0.717) is 10.6 Å². The highest BCUT2D eigenvalue weighted by molar-refractivity contribution is 6.33. The Balaban J connectivity index is 1.64. The van der Waals surface area contributed by atoms with Gasteiger partial charge in [0.2, 0.25) is 0 Å². The Bertz CT molecular complexity index is 790. The number of hydrogen-bond donors (Lipinski definition) is 0. The molecule has 2 aromatic rings. The molecule has 2 aromatic heterocycles. The van der Waals surface area contributed by atoms with Crippen LogP contribution < -0.4 is 4.90 Å². The number of hydrogen-bond acceptors (Lipinski definition) is 5. The topological polar surface area (TPSA) is 57.5 Å². The lowest BCUT2D eigenvalue weighted by atomic mass is 10.2. The van der Waals surface area contributed by atoms with Crippen molar-refractivity contribution in [2.45, 2.75) is 26.4 Å². The number of aryl methyl sites for hydroxylation is 1. The number of pyridine rings is 1. The molecule has 0 saturated carbocycles. The van der Waals surface area contributed by atoms with Crippen molar-refractivity contribution in [3.8, 4) is 0 Å². The summed E-state index contributed by atoms with van der Waals surface area (Å²) < 4.78 is 1.96. The van der Waals surface area contributed by atoms with Crippen LogP contribution in [0.2, 0.25) is 5.02 Å². The predicted octanol–water partition coefficient (Wildman–Crippen LogP) is 2.37. The molecule has 0 atom stereocenters. The largest absolute Gasteiger partial charge is 0.354 e. The first-order chi connectivity index (χ1) is 13.0.